The number of nitrogens with one attached hydrogen (secondary N) is 1. The van der Waals surface area contributed by atoms with E-state index in [-0.39, 0.29) is 5.56 Å². The Morgan fingerprint density at radius 2 is 2.00 bits per heavy atom. The maximum atomic E-state index is 13.2. The molecule has 0 fully saturated rings. The Kier molecular flexibility index (Phi) is 2.97. The number of nitrogen functional groups attached to an aromatic ring is 1. The average Bonchev–Trinajstić information content (AvgIpc) is 2.71. The van der Waals surface area contributed by atoms with E-state index < -0.39 is 23.2 Å². The smallest absolute Gasteiger partial charge is 0.257 e. The molecule has 0 radical (unpaired) electrons. The third-order valence-corrected chi connectivity index (χ3v) is 2.40. The van der Waals surface area contributed by atoms with E-state index in [1.54, 1.807) is 13.1 Å². The number of halogens is 2. The largest absolute Gasteiger partial charge is 0.394 e. The zero-order chi connectivity index (χ0) is 13.3. The van der Waals surface area contributed by atoms with Crippen LogP contribution >= 0.6 is 0 Å². The van der Waals surface area contributed by atoms with Crippen LogP contribution in [0.1, 0.15) is 10.4 Å². The Balaban J connectivity index is 2.27. The van der Waals surface area contributed by atoms with Gasteiger partial charge in [0.1, 0.15) is 23.1 Å². The second kappa shape index (κ2) is 4.44. The number of nitrogens with two attached hydrogens (primary N) is 1. The lowest BCUT2D eigenvalue weighted by Crippen LogP contribution is -2.15. The van der Waals surface area contributed by atoms with Crippen LogP contribution in [0, 0.1) is 11.6 Å². The minimum absolute atomic E-state index is 0.152. The molecule has 94 valence electrons. The summed E-state index contributed by atoms with van der Waals surface area (Å²) in [6.07, 6.45) is 1.49. The Hall–Kier alpha value is -2.44. The zero-order valence-electron chi connectivity index (χ0n) is 9.45. The highest BCUT2D eigenvalue weighted by molar-refractivity contribution is 6.04. The molecule has 0 saturated carbocycles. The topological polar surface area (TPSA) is 72.9 Å². The highest BCUT2D eigenvalue weighted by Crippen LogP contribution is 2.18. The van der Waals surface area contributed by atoms with Crippen LogP contribution in [0.5, 0.6) is 0 Å². The van der Waals surface area contributed by atoms with Gasteiger partial charge in [-0.25, -0.2) is 8.78 Å². The van der Waals surface area contributed by atoms with E-state index >= 15 is 0 Å². The standard InChI is InChI=1S/C11H10F2N4O/c1-17-9(2-3-15-17)16-11(18)6-4-7(12)10(14)8(13)5-6/h2-5H,14H2,1H3,(H,16,18). The lowest BCUT2D eigenvalue weighted by atomic mass is 10.1. The molecule has 0 aliphatic rings. The Morgan fingerprint density at radius 3 is 2.50 bits per heavy atom. The van der Waals surface area contributed by atoms with Crippen molar-refractivity contribution in [2.24, 2.45) is 7.05 Å². The first-order valence-corrected chi connectivity index (χ1v) is 5.03. The number of aromatic nitrogens is 2. The number of carbonyl (C=O) groups excluding carboxylic acids is 1. The van der Waals surface area contributed by atoms with Gasteiger partial charge in [-0.1, -0.05) is 0 Å². The Labute approximate surface area is 101 Å². The predicted molar refractivity (Wildman–Crippen MR) is 61.9 cm³/mol. The zero-order valence-corrected chi connectivity index (χ0v) is 9.45. The number of hydrogen-bond acceptors (Lipinski definition) is 3. The van der Waals surface area contributed by atoms with Gasteiger partial charge in [0, 0.05) is 18.7 Å². The van der Waals surface area contributed by atoms with Gasteiger partial charge in [0.25, 0.3) is 5.91 Å². The molecule has 0 bridgehead atoms. The summed E-state index contributed by atoms with van der Waals surface area (Å²) in [6, 6.07) is 3.32. The van der Waals surface area contributed by atoms with E-state index in [1.165, 1.54) is 10.9 Å². The molecule has 0 aliphatic carbocycles. The number of anilines is 2. The molecule has 2 aromatic rings. The van der Waals surface area contributed by atoms with Crippen LogP contribution in [0.4, 0.5) is 20.3 Å². The second-order valence-corrected chi connectivity index (χ2v) is 3.65. The molecular formula is C11H10F2N4O. The van der Waals surface area contributed by atoms with Gasteiger partial charge in [0.2, 0.25) is 0 Å². The SMILES string of the molecule is Cn1nccc1NC(=O)c1cc(F)c(N)c(F)c1. The van der Waals surface area contributed by atoms with Crippen molar-refractivity contribution in [2.45, 2.75) is 0 Å². The molecule has 0 aliphatic heterocycles. The van der Waals surface area contributed by atoms with E-state index in [0.29, 0.717) is 5.82 Å². The van der Waals surface area contributed by atoms with Gasteiger partial charge in [-0.2, -0.15) is 5.10 Å². The normalized spacial score (nSPS) is 10.4. The molecule has 1 aromatic heterocycles. The number of carbonyl (C=O) groups is 1. The third kappa shape index (κ3) is 2.15. The van der Waals surface area contributed by atoms with Crippen molar-refractivity contribution in [1.82, 2.24) is 9.78 Å². The van der Waals surface area contributed by atoms with Crippen molar-refractivity contribution in [3.05, 3.63) is 41.6 Å². The minimum Gasteiger partial charge on any atom is -0.394 e. The van der Waals surface area contributed by atoms with Crippen LogP contribution in [-0.2, 0) is 7.05 Å². The number of aryl methyl sites for hydroxylation is 1. The highest BCUT2D eigenvalue weighted by atomic mass is 19.1. The molecule has 3 N–H and O–H groups in total. The summed E-state index contributed by atoms with van der Waals surface area (Å²) < 4.78 is 27.8. The molecule has 1 amide bonds. The van der Waals surface area contributed by atoms with Crippen molar-refractivity contribution in [2.75, 3.05) is 11.1 Å². The van der Waals surface area contributed by atoms with Gasteiger partial charge in [0.05, 0.1) is 6.20 Å². The molecule has 7 heteroatoms. The second-order valence-electron chi connectivity index (χ2n) is 3.65. The Bertz CT molecular complexity index is 586. The first-order valence-electron chi connectivity index (χ1n) is 5.03. The van der Waals surface area contributed by atoms with Crippen molar-refractivity contribution >= 4 is 17.4 Å². The van der Waals surface area contributed by atoms with E-state index in [2.05, 4.69) is 10.4 Å². The molecular weight excluding hydrogens is 242 g/mol. The molecule has 0 saturated heterocycles. The summed E-state index contributed by atoms with van der Waals surface area (Å²) in [5, 5.41) is 6.31. The fourth-order valence-electron chi connectivity index (χ4n) is 1.40. The number of benzene rings is 1. The van der Waals surface area contributed by atoms with Crippen LogP contribution in [0.25, 0.3) is 0 Å². The summed E-state index contributed by atoms with van der Waals surface area (Å²) in [6.45, 7) is 0. The summed E-state index contributed by atoms with van der Waals surface area (Å²) in [7, 11) is 1.62. The maximum absolute atomic E-state index is 13.2. The van der Waals surface area contributed by atoms with Crippen molar-refractivity contribution in [3.8, 4) is 0 Å². The molecule has 0 atom stereocenters. The van der Waals surface area contributed by atoms with Gasteiger partial charge in [-0.3, -0.25) is 9.48 Å². The monoisotopic (exact) mass is 252 g/mol. The van der Waals surface area contributed by atoms with Crippen LogP contribution in [0.15, 0.2) is 24.4 Å². The van der Waals surface area contributed by atoms with E-state index in [9.17, 15) is 13.6 Å². The van der Waals surface area contributed by atoms with Gasteiger partial charge < -0.3 is 11.1 Å². The Morgan fingerprint density at radius 1 is 1.39 bits per heavy atom. The number of hydrogen-bond donors (Lipinski definition) is 2. The predicted octanol–water partition coefficient (Wildman–Crippen LogP) is 1.53. The van der Waals surface area contributed by atoms with Gasteiger partial charge >= 0.3 is 0 Å². The number of amides is 1. The van der Waals surface area contributed by atoms with Crippen LogP contribution in [0.3, 0.4) is 0 Å². The summed E-state index contributed by atoms with van der Waals surface area (Å²) in [5.74, 6) is -2.16. The van der Waals surface area contributed by atoms with Crippen LogP contribution < -0.4 is 11.1 Å². The number of rotatable bonds is 2. The lowest BCUT2D eigenvalue weighted by Gasteiger charge is -2.06. The number of nitrogens with zero attached hydrogens (tertiary/aromatic N) is 2. The highest BCUT2D eigenvalue weighted by Gasteiger charge is 2.14. The fraction of sp³-hybridized carbons (Fsp3) is 0.0909. The summed E-state index contributed by atoms with van der Waals surface area (Å²) >= 11 is 0. The maximum Gasteiger partial charge on any atom is 0.257 e. The first kappa shape index (κ1) is 12.0. The average molecular weight is 252 g/mol. The van der Waals surface area contributed by atoms with Crippen molar-refractivity contribution < 1.29 is 13.6 Å². The molecule has 1 heterocycles. The van der Waals surface area contributed by atoms with Gasteiger partial charge in [-0.05, 0) is 12.1 Å². The summed E-state index contributed by atoms with van der Waals surface area (Å²) in [4.78, 5) is 11.8. The quantitative estimate of drug-likeness (QED) is 0.796. The molecule has 0 unspecified atom stereocenters. The summed E-state index contributed by atoms with van der Waals surface area (Å²) in [5.41, 5.74) is 4.36. The van der Waals surface area contributed by atoms with Crippen LogP contribution in [-0.4, -0.2) is 15.7 Å². The molecule has 18 heavy (non-hydrogen) atoms. The van der Waals surface area contributed by atoms with Crippen LogP contribution in [0.2, 0.25) is 0 Å². The van der Waals surface area contributed by atoms with Gasteiger partial charge in [0.15, 0.2) is 0 Å². The third-order valence-electron chi connectivity index (χ3n) is 2.40. The molecule has 0 spiro atoms. The molecule has 1 aromatic carbocycles. The molecule has 2 rings (SSSR count). The van der Waals surface area contributed by atoms with Crippen molar-refractivity contribution in [3.63, 3.8) is 0 Å². The first-order chi connectivity index (χ1) is 8.49. The van der Waals surface area contributed by atoms with Crippen molar-refractivity contribution in [1.29, 1.82) is 0 Å². The minimum atomic E-state index is -0.967. The fourth-order valence-corrected chi connectivity index (χ4v) is 1.40. The molecule has 5 nitrogen and oxygen atoms in total. The lowest BCUT2D eigenvalue weighted by molar-refractivity contribution is 0.102. The van der Waals surface area contributed by atoms with Gasteiger partial charge in [-0.15, -0.1) is 0 Å². The van der Waals surface area contributed by atoms with E-state index in [4.69, 9.17) is 5.73 Å². The van der Waals surface area contributed by atoms with E-state index in [0.717, 1.165) is 12.1 Å². The van der Waals surface area contributed by atoms with E-state index in [1.807, 2.05) is 0 Å².